The topological polar surface area (TPSA) is 45.7 Å². The Balaban J connectivity index is 1.97. The van der Waals surface area contributed by atoms with Crippen molar-refractivity contribution >= 4 is 11.7 Å². The van der Waals surface area contributed by atoms with Crippen LogP contribution in [0, 0.1) is 0 Å². The Morgan fingerprint density at radius 1 is 1.33 bits per heavy atom. The second-order valence-corrected chi connectivity index (χ2v) is 6.63. The summed E-state index contributed by atoms with van der Waals surface area (Å²) in [5.41, 5.74) is 1.07. The molecule has 0 saturated carbocycles. The van der Waals surface area contributed by atoms with Gasteiger partial charge in [0.15, 0.2) is 0 Å². The molecule has 27 heavy (non-hydrogen) atoms. The van der Waals surface area contributed by atoms with Crippen LogP contribution < -0.4 is 4.90 Å². The van der Waals surface area contributed by atoms with E-state index in [0.717, 1.165) is 56.0 Å². The Labute approximate surface area is 163 Å². The number of nitrogens with zero attached hydrogens (tertiary/aromatic N) is 3. The number of aromatic nitrogens is 1. The number of methoxy groups -OCH3 is 1. The monoisotopic (exact) mass is 369 g/mol. The summed E-state index contributed by atoms with van der Waals surface area (Å²) in [5.74, 6) is 1.69. The van der Waals surface area contributed by atoms with Crippen molar-refractivity contribution in [3.8, 4) is 0 Å². The van der Waals surface area contributed by atoms with Gasteiger partial charge in [-0.3, -0.25) is 9.69 Å². The summed E-state index contributed by atoms with van der Waals surface area (Å²) in [6, 6.07) is 5.94. The highest BCUT2D eigenvalue weighted by atomic mass is 16.5. The van der Waals surface area contributed by atoms with Crippen molar-refractivity contribution in [1.82, 2.24) is 9.88 Å². The lowest BCUT2D eigenvalue weighted by atomic mass is 10.0. The zero-order valence-electron chi connectivity index (χ0n) is 16.6. The quantitative estimate of drug-likeness (QED) is 0.488. The summed E-state index contributed by atoms with van der Waals surface area (Å²) < 4.78 is 5.35. The normalized spacial score (nSPS) is 16.4. The molecule has 0 radical (unpaired) electrons. The van der Waals surface area contributed by atoms with Gasteiger partial charge in [-0.25, -0.2) is 4.98 Å². The summed E-state index contributed by atoms with van der Waals surface area (Å²) in [7, 11) is 1.66. The molecule has 1 aliphatic heterocycles. The number of anilines is 1. The number of allylic oxidation sites excluding steroid dienone is 2. The number of carbonyl (C=O) groups excluding carboxylic acids is 1. The lowest BCUT2D eigenvalue weighted by Crippen LogP contribution is -2.48. The number of hydrogen-bond acceptors (Lipinski definition) is 4. The van der Waals surface area contributed by atoms with E-state index in [1.165, 1.54) is 0 Å². The molecule has 1 aliphatic rings. The van der Waals surface area contributed by atoms with Gasteiger partial charge in [0.2, 0.25) is 5.91 Å². The first-order valence-electron chi connectivity index (χ1n) is 9.62. The molecule has 1 aromatic heterocycles. The summed E-state index contributed by atoms with van der Waals surface area (Å²) in [6.45, 7) is 12.5. The lowest BCUT2D eigenvalue weighted by molar-refractivity contribution is -0.119. The predicted molar refractivity (Wildman–Crippen MR) is 111 cm³/mol. The van der Waals surface area contributed by atoms with E-state index in [2.05, 4.69) is 23.0 Å². The van der Waals surface area contributed by atoms with Gasteiger partial charge < -0.3 is 9.64 Å². The first-order valence-corrected chi connectivity index (χ1v) is 9.62. The zero-order chi connectivity index (χ0) is 19.6. The summed E-state index contributed by atoms with van der Waals surface area (Å²) in [5, 5.41) is 0. The minimum atomic E-state index is 0.139. The SMILES string of the molecule is C=C/C(CCN1CCC(N(C(=O)CC)c2ccccn2)CC1)=C(\C=C)OC. The van der Waals surface area contributed by atoms with Crippen molar-refractivity contribution in [3.05, 3.63) is 61.0 Å². The smallest absolute Gasteiger partial charge is 0.228 e. The highest BCUT2D eigenvalue weighted by Gasteiger charge is 2.28. The van der Waals surface area contributed by atoms with E-state index >= 15 is 0 Å². The van der Waals surface area contributed by atoms with E-state index in [1.807, 2.05) is 36.1 Å². The fourth-order valence-corrected chi connectivity index (χ4v) is 3.54. The highest BCUT2D eigenvalue weighted by Crippen LogP contribution is 2.23. The molecule has 0 spiro atoms. The molecular weight excluding hydrogens is 338 g/mol. The molecule has 1 amide bonds. The van der Waals surface area contributed by atoms with Gasteiger partial charge >= 0.3 is 0 Å². The molecule has 1 aromatic rings. The zero-order valence-corrected chi connectivity index (χ0v) is 16.6. The second-order valence-electron chi connectivity index (χ2n) is 6.63. The summed E-state index contributed by atoms with van der Waals surface area (Å²) >= 11 is 0. The third-order valence-electron chi connectivity index (χ3n) is 5.06. The summed E-state index contributed by atoms with van der Waals surface area (Å²) in [6.07, 6.45) is 8.59. The largest absolute Gasteiger partial charge is 0.497 e. The molecule has 0 bridgehead atoms. The van der Waals surface area contributed by atoms with E-state index in [4.69, 9.17) is 4.74 Å². The van der Waals surface area contributed by atoms with Gasteiger partial charge in [0, 0.05) is 38.3 Å². The molecular formula is C22H31N3O2. The number of carbonyl (C=O) groups is 1. The van der Waals surface area contributed by atoms with E-state index in [-0.39, 0.29) is 11.9 Å². The molecule has 0 unspecified atom stereocenters. The Morgan fingerprint density at radius 2 is 2.07 bits per heavy atom. The minimum Gasteiger partial charge on any atom is -0.497 e. The molecule has 0 aromatic carbocycles. The van der Waals surface area contributed by atoms with Crippen LogP contribution in [0.15, 0.2) is 61.0 Å². The third kappa shape index (κ3) is 5.54. The van der Waals surface area contributed by atoms with Crippen LogP contribution in [0.4, 0.5) is 5.82 Å². The van der Waals surface area contributed by atoms with Gasteiger partial charge in [-0.2, -0.15) is 0 Å². The second kappa shape index (κ2) is 10.7. The predicted octanol–water partition coefficient (Wildman–Crippen LogP) is 3.95. The van der Waals surface area contributed by atoms with Crippen molar-refractivity contribution in [2.75, 3.05) is 31.6 Å². The fourth-order valence-electron chi connectivity index (χ4n) is 3.54. The summed E-state index contributed by atoms with van der Waals surface area (Å²) in [4.78, 5) is 21.3. The van der Waals surface area contributed by atoms with Crippen molar-refractivity contribution in [2.45, 2.75) is 38.6 Å². The van der Waals surface area contributed by atoms with Crippen molar-refractivity contribution < 1.29 is 9.53 Å². The number of pyridine rings is 1. The van der Waals surface area contributed by atoms with Crippen LogP contribution in [0.3, 0.4) is 0 Å². The highest BCUT2D eigenvalue weighted by molar-refractivity contribution is 5.92. The van der Waals surface area contributed by atoms with Crippen LogP contribution in [0.25, 0.3) is 0 Å². The van der Waals surface area contributed by atoms with Crippen molar-refractivity contribution in [2.24, 2.45) is 0 Å². The standard InChI is InChI=1S/C22H31N3O2/c1-5-18(20(6-2)27-4)11-15-24-16-12-19(13-17-24)25(22(26)7-3)21-10-8-9-14-23-21/h5-6,8-10,14,19H,1-2,7,11-13,15-17H2,3-4H3/b20-18-. The van der Waals surface area contributed by atoms with Crippen LogP contribution in [-0.2, 0) is 9.53 Å². The van der Waals surface area contributed by atoms with Gasteiger partial charge in [-0.05, 0) is 43.0 Å². The number of rotatable bonds is 9. The van der Waals surface area contributed by atoms with E-state index in [1.54, 1.807) is 19.4 Å². The van der Waals surface area contributed by atoms with Crippen LogP contribution in [0.5, 0.6) is 0 Å². The van der Waals surface area contributed by atoms with Crippen LogP contribution in [0.1, 0.15) is 32.6 Å². The molecule has 5 nitrogen and oxygen atoms in total. The van der Waals surface area contributed by atoms with Gasteiger partial charge in [-0.15, -0.1) is 0 Å². The molecule has 146 valence electrons. The van der Waals surface area contributed by atoms with Crippen LogP contribution in [-0.4, -0.2) is 48.6 Å². The molecule has 1 saturated heterocycles. The Kier molecular flexibility index (Phi) is 8.27. The first-order chi connectivity index (χ1) is 13.1. The average Bonchev–Trinajstić information content (AvgIpc) is 2.73. The molecule has 1 fully saturated rings. The lowest BCUT2D eigenvalue weighted by Gasteiger charge is -2.38. The Morgan fingerprint density at radius 3 is 2.59 bits per heavy atom. The van der Waals surface area contributed by atoms with E-state index < -0.39 is 0 Å². The van der Waals surface area contributed by atoms with Gasteiger partial charge in [0.25, 0.3) is 0 Å². The van der Waals surface area contributed by atoms with Crippen molar-refractivity contribution in [3.63, 3.8) is 0 Å². The van der Waals surface area contributed by atoms with Gasteiger partial charge in [0.1, 0.15) is 11.6 Å². The number of ether oxygens (including phenoxy) is 1. The Bertz CT molecular complexity index is 661. The third-order valence-corrected chi connectivity index (χ3v) is 5.06. The maximum Gasteiger partial charge on any atom is 0.228 e. The number of piperidine rings is 1. The Hall–Kier alpha value is -2.40. The number of amides is 1. The molecule has 0 aliphatic carbocycles. The molecule has 0 N–H and O–H groups in total. The molecule has 2 rings (SSSR count). The van der Waals surface area contributed by atoms with Crippen LogP contribution >= 0.6 is 0 Å². The fraction of sp³-hybridized carbons (Fsp3) is 0.455. The minimum absolute atomic E-state index is 0.139. The van der Waals surface area contributed by atoms with Gasteiger partial charge in [-0.1, -0.05) is 32.2 Å². The van der Waals surface area contributed by atoms with Crippen LogP contribution in [0.2, 0.25) is 0 Å². The maximum absolute atomic E-state index is 12.5. The van der Waals surface area contributed by atoms with Crippen molar-refractivity contribution in [1.29, 1.82) is 0 Å². The van der Waals surface area contributed by atoms with Gasteiger partial charge in [0.05, 0.1) is 7.11 Å². The first kappa shape index (κ1) is 20.9. The van der Waals surface area contributed by atoms with E-state index in [9.17, 15) is 4.79 Å². The molecule has 2 heterocycles. The average molecular weight is 370 g/mol. The maximum atomic E-state index is 12.5. The van der Waals surface area contributed by atoms with E-state index in [0.29, 0.717) is 6.42 Å². The number of likely N-dealkylation sites (tertiary alicyclic amines) is 1. The molecule has 5 heteroatoms. The number of hydrogen-bond donors (Lipinski definition) is 0. The molecule has 0 atom stereocenters.